The van der Waals surface area contributed by atoms with Gasteiger partial charge in [-0.2, -0.15) is 0 Å². The number of carbonyl (C=O) groups is 1. The van der Waals surface area contributed by atoms with Gasteiger partial charge in [0.15, 0.2) is 0 Å². The standard InChI is InChI=1S/C20H23N3O3/c1-26-19-13-17(16-7-5-11-21-16)23-18(19)12-15-10-9-14(22-15)6-3-2-4-8-20(24)25/h5,7,9-13,21,23H,2-4,6,8H2,1H3,(H,24,25)/b15-12+. The van der Waals surface area contributed by atoms with Crippen molar-refractivity contribution in [3.05, 3.63) is 47.9 Å². The molecule has 3 rings (SSSR count). The molecule has 6 heteroatoms. The quantitative estimate of drug-likeness (QED) is 0.583. The number of carboxylic acids is 1. The molecule has 6 nitrogen and oxygen atoms in total. The van der Waals surface area contributed by atoms with E-state index in [1.807, 2.05) is 42.6 Å². The largest absolute Gasteiger partial charge is 0.494 e. The fourth-order valence-electron chi connectivity index (χ4n) is 2.92. The predicted octanol–water partition coefficient (Wildman–Crippen LogP) is 4.41. The van der Waals surface area contributed by atoms with Crippen LogP contribution < -0.4 is 4.74 Å². The lowest BCUT2D eigenvalue weighted by Crippen LogP contribution is -1.95. The van der Waals surface area contributed by atoms with Gasteiger partial charge in [-0.05, 0) is 49.6 Å². The van der Waals surface area contributed by atoms with Gasteiger partial charge >= 0.3 is 5.97 Å². The minimum absolute atomic E-state index is 0.239. The van der Waals surface area contributed by atoms with Crippen LogP contribution in [0.25, 0.3) is 17.5 Å². The van der Waals surface area contributed by atoms with Crippen molar-refractivity contribution in [2.45, 2.75) is 32.1 Å². The van der Waals surface area contributed by atoms with Crippen molar-refractivity contribution in [3.8, 4) is 17.1 Å². The lowest BCUT2D eigenvalue weighted by molar-refractivity contribution is -0.137. The van der Waals surface area contributed by atoms with Gasteiger partial charge in [0.1, 0.15) is 5.75 Å². The van der Waals surface area contributed by atoms with Crippen LogP contribution in [0, 0.1) is 0 Å². The van der Waals surface area contributed by atoms with E-state index in [9.17, 15) is 4.79 Å². The smallest absolute Gasteiger partial charge is 0.303 e. The van der Waals surface area contributed by atoms with Crippen molar-refractivity contribution < 1.29 is 14.6 Å². The number of carboxylic acid groups (broad SMARTS) is 1. The van der Waals surface area contributed by atoms with Crippen molar-refractivity contribution >= 4 is 17.8 Å². The van der Waals surface area contributed by atoms with Crippen LogP contribution in [0.2, 0.25) is 0 Å². The summed E-state index contributed by atoms with van der Waals surface area (Å²) in [5.41, 5.74) is 4.75. The van der Waals surface area contributed by atoms with Crippen LogP contribution in [0.3, 0.4) is 0 Å². The molecule has 3 N–H and O–H groups in total. The molecule has 0 saturated heterocycles. The monoisotopic (exact) mass is 353 g/mol. The maximum atomic E-state index is 10.5. The minimum atomic E-state index is -0.730. The van der Waals surface area contributed by atoms with Gasteiger partial charge < -0.3 is 19.8 Å². The molecular weight excluding hydrogens is 330 g/mol. The Kier molecular flexibility index (Phi) is 5.73. The number of aliphatic imine (C=N–C) groups is 1. The van der Waals surface area contributed by atoms with Crippen molar-refractivity contribution in [1.29, 1.82) is 0 Å². The van der Waals surface area contributed by atoms with Crippen molar-refractivity contribution in [3.63, 3.8) is 0 Å². The number of allylic oxidation sites excluding steroid dienone is 2. The first-order chi connectivity index (χ1) is 12.7. The van der Waals surface area contributed by atoms with Crippen LogP contribution >= 0.6 is 0 Å². The zero-order chi connectivity index (χ0) is 18.4. The number of aromatic amines is 2. The molecule has 1 aliphatic heterocycles. The van der Waals surface area contributed by atoms with Crippen molar-refractivity contribution in [1.82, 2.24) is 9.97 Å². The summed E-state index contributed by atoms with van der Waals surface area (Å²) in [4.78, 5) is 21.7. The third kappa shape index (κ3) is 4.53. The lowest BCUT2D eigenvalue weighted by atomic mass is 10.1. The maximum absolute atomic E-state index is 10.5. The molecule has 3 heterocycles. The summed E-state index contributed by atoms with van der Waals surface area (Å²) >= 11 is 0. The fraction of sp³-hybridized carbons (Fsp3) is 0.300. The molecule has 2 aromatic heterocycles. The number of ether oxygens (including phenoxy) is 1. The molecule has 0 spiro atoms. The average molecular weight is 353 g/mol. The molecule has 2 aromatic rings. The Morgan fingerprint density at radius 2 is 2.15 bits per heavy atom. The molecule has 0 aromatic carbocycles. The summed E-state index contributed by atoms with van der Waals surface area (Å²) in [5, 5.41) is 8.65. The third-order valence-electron chi connectivity index (χ3n) is 4.25. The first-order valence-electron chi connectivity index (χ1n) is 8.75. The second-order valence-corrected chi connectivity index (χ2v) is 6.21. The molecule has 0 saturated carbocycles. The van der Waals surface area contributed by atoms with Crippen LogP contribution in [0.5, 0.6) is 5.75 Å². The summed E-state index contributed by atoms with van der Waals surface area (Å²) in [6.45, 7) is 0. The predicted molar refractivity (Wildman–Crippen MR) is 102 cm³/mol. The van der Waals surface area contributed by atoms with Crippen LogP contribution in [0.4, 0.5) is 0 Å². The van der Waals surface area contributed by atoms with Gasteiger partial charge in [-0.25, -0.2) is 0 Å². The Labute approximate surface area is 152 Å². The highest BCUT2D eigenvalue weighted by Crippen LogP contribution is 2.29. The summed E-state index contributed by atoms with van der Waals surface area (Å²) in [7, 11) is 1.65. The molecule has 1 aliphatic rings. The van der Waals surface area contributed by atoms with Crippen LogP contribution in [0.15, 0.2) is 47.2 Å². The van der Waals surface area contributed by atoms with E-state index in [0.29, 0.717) is 0 Å². The number of hydrogen-bond acceptors (Lipinski definition) is 3. The van der Waals surface area contributed by atoms with E-state index in [1.54, 1.807) is 7.11 Å². The fourth-order valence-corrected chi connectivity index (χ4v) is 2.92. The average Bonchev–Trinajstić information content (AvgIpc) is 3.35. The number of hydrogen-bond donors (Lipinski definition) is 3. The van der Waals surface area contributed by atoms with Crippen LogP contribution in [-0.2, 0) is 4.79 Å². The zero-order valence-electron chi connectivity index (χ0n) is 14.8. The number of aromatic nitrogens is 2. The molecule has 0 unspecified atom stereocenters. The number of rotatable bonds is 9. The zero-order valence-corrected chi connectivity index (χ0v) is 14.8. The van der Waals surface area contributed by atoms with Crippen molar-refractivity contribution in [2.24, 2.45) is 4.99 Å². The molecule has 0 atom stereocenters. The highest BCUT2D eigenvalue weighted by Gasteiger charge is 2.11. The second-order valence-electron chi connectivity index (χ2n) is 6.21. The summed E-state index contributed by atoms with van der Waals surface area (Å²) in [5.74, 6) is 0.0414. The Morgan fingerprint density at radius 1 is 1.27 bits per heavy atom. The number of H-pyrrole nitrogens is 2. The van der Waals surface area contributed by atoms with Crippen LogP contribution in [-0.4, -0.2) is 33.9 Å². The van der Waals surface area contributed by atoms with Gasteiger partial charge in [-0.1, -0.05) is 6.42 Å². The van der Waals surface area contributed by atoms with Gasteiger partial charge in [0.2, 0.25) is 0 Å². The summed E-state index contributed by atoms with van der Waals surface area (Å²) in [6.07, 6.45) is 11.5. The van der Waals surface area contributed by atoms with E-state index >= 15 is 0 Å². The number of unbranched alkanes of at least 4 members (excludes halogenated alkanes) is 2. The SMILES string of the molecule is COc1cc(-c2ccc[nH]2)[nH]c1/C=C1\C=CC(CCCCCC(=O)O)=N1. The van der Waals surface area contributed by atoms with Crippen LogP contribution in [0.1, 0.15) is 37.8 Å². The van der Waals surface area contributed by atoms with E-state index in [2.05, 4.69) is 15.0 Å². The topological polar surface area (TPSA) is 90.5 Å². The highest BCUT2D eigenvalue weighted by atomic mass is 16.5. The van der Waals surface area contributed by atoms with E-state index in [1.165, 1.54) is 0 Å². The highest BCUT2D eigenvalue weighted by molar-refractivity contribution is 5.99. The molecule has 0 radical (unpaired) electrons. The minimum Gasteiger partial charge on any atom is -0.494 e. The summed E-state index contributed by atoms with van der Waals surface area (Å²) in [6, 6.07) is 5.91. The molecule has 26 heavy (non-hydrogen) atoms. The molecule has 0 fully saturated rings. The first-order valence-corrected chi connectivity index (χ1v) is 8.75. The molecular formula is C20H23N3O3. The lowest BCUT2D eigenvalue weighted by Gasteiger charge is -1.99. The molecule has 0 amide bonds. The Balaban J connectivity index is 1.63. The number of methoxy groups -OCH3 is 1. The number of nitrogens with one attached hydrogen (secondary N) is 2. The molecule has 136 valence electrons. The maximum Gasteiger partial charge on any atom is 0.303 e. The molecule has 0 bridgehead atoms. The summed E-state index contributed by atoms with van der Waals surface area (Å²) < 4.78 is 5.46. The first kappa shape index (κ1) is 17.8. The molecule has 0 aliphatic carbocycles. The van der Waals surface area contributed by atoms with Gasteiger partial charge in [-0.3, -0.25) is 9.79 Å². The number of nitrogens with zero attached hydrogens (tertiary/aromatic N) is 1. The Morgan fingerprint density at radius 3 is 2.88 bits per heavy atom. The van der Waals surface area contributed by atoms with E-state index in [-0.39, 0.29) is 6.42 Å². The third-order valence-corrected chi connectivity index (χ3v) is 4.25. The van der Waals surface area contributed by atoms with E-state index in [0.717, 1.165) is 59.9 Å². The van der Waals surface area contributed by atoms with Crippen molar-refractivity contribution in [2.75, 3.05) is 7.11 Å². The number of aliphatic carboxylic acids is 1. The van der Waals surface area contributed by atoms with E-state index < -0.39 is 5.97 Å². The van der Waals surface area contributed by atoms with Gasteiger partial charge in [0.25, 0.3) is 0 Å². The van der Waals surface area contributed by atoms with Gasteiger partial charge in [-0.15, -0.1) is 0 Å². The van der Waals surface area contributed by atoms with Gasteiger partial charge in [0, 0.05) is 24.4 Å². The van der Waals surface area contributed by atoms with E-state index in [4.69, 9.17) is 9.84 Å². The Bertz CT molecular complexity index is 842. The Hall–Kier alpha value is -3.02. The van der Waals surface area contributed by atoms with Gasteiger partial charge in [0.05, 0.1) is 29.9 Å². The normalized spacial score (nSPS) is 14.8. The second kappa shape index (κ2) is 8.38.